The highest BCUT2D eigenvalue weighted by Crippen LogP contribution is 2.17. The first-order valence-corrected chi connectivity index (χ1v) is 5.59. The summed E-state index contributed by atoms with van der Waals surface area (Å²) in [5.74, 6) is 0.0330. The van der Waals surface area contributed by atoms with E-state index in [0.717, 1.165) is 12.8 Å². The van der Waals surface area contributed by atoms with Crippen molar-refractivity contribution in [2.45, 2.75) is 58.1 Å². The van der Waals surface area contributed by atoms with Gasteiger partial charge in [-0.3, -0.25) is 4.79 Å². The third-order valence-electron chi connectivity index (χ3n) is 2.52. The summed E-state index contributed by atoms with van der Waals surface area (Å²) in [7, 11) is 0. The van der Waals surface area contributed by atoms with Crippen LogP contribution < -0.4 is 5.32 Å². The number of hydrogen-bond donors (Lipinski definition) is 1. The molecule has 1 rings (SSSR count). The van der Waals surface area contributed by atoms with Gasteiger partial charge in [-0.15, -0.1) is 0 Å². The lowest BCUT2D eigenvalue weighted by Gasteiger charge is -2.22. The Hall–Kier alpha value is -0.570. The van der Waals surface area contributed by atoms with E-state index in [2.05, 4.69) is 5.32 Å². The van der Waals surface area contributed by atoms with Crippen LogP contribution in [0.2, 0.25) is 0 Å². The zero-order chi connectivity index (χ0) is 10.4. The molecule has 1 aliphatic rings. The number of carbonyl (C=O) groups is 1. The fourth-order valence-corrected chi connectivity index (χ4v) is 1.76. The number of amides is 1. The van der Waals surface area contributed by atoms with Crippen molar-refractivity contribution >= 4 is 5.91 Å². The van der Waals surface area contributed by atoms with Crippen molar-refractivity contribution < 1.29 is 9.53 Å². The van der Waals surface area contributed by atoms with Crippen LogP contribution in [0.25, 0.3) is 0 Å². The number of rotatable bonds is 4. The van der Waals surface area contributed by atoms with Crippen LogP contribution in [-0.2, 0) is 9.53 Å². The third-order valence-corrected chi connectivity index (χ3v) is 2.52. The van der Waals surface area contributed by atoms with Crippen LogP contribution in [0.4, 0.5) is 0 Å². The topological polar surface area (TPSA) is 38.3 Å². The molecule has 0 radical (unpaired) electrons. The molecule has 1 N–H and O–H groups in total. The van der Waals surface area contributed by atoms with Gasteiger partial charge in [-0.25, -0.2) is 0 Å². The minimum Gasteiger partial charge on any atom is -0.369 e. The first kappa shape index (κ1) is 11.5. The molecule has 0 aromatic heterocycles. The first-order chi connectivity index (χ1) is 6.68. The van der Waals surface area contributed by atoms with E-state index in [1.807, 2.05) is 13.8 Å². The lowest BCUT2D eigenvalue weighted by Crippen LogP contribution is -2.38. The Morgan fingerprint density at radius 1 is 1.36 bits per heavy atom. The van der Waals surface area contributed by atoms with E-state index in [-0.39, 0.29) is 18.6 Å². The van der Waals surface area contributed by atoms with E-state index in [4.69, 9.17) is 4.74 Å². The molecule has 0 saturated heterocycles. The van der Waals surface area contributed by atoms with Crippen LogP contribution in [-0.4, -0.2) is 24.7 Å². The molecular formula is C11H21NO2. The maximum Gasteiger partial charge on any atom is 0.246 e. The largest absolute Gasteiger partial charge is 0.369 e. The Bertz CT molecular complexity index is 174. The molecule has 0 heterocycles. The SMILES string of the molecule is CC(C)OCC(=O)NC1CCCCC1. The summed E-state index contributed by atoms with van der Waals surface area (Å²) in [6.45, 7) is 4.08. The minimum atomic E-state index is 0.0330. The molecule has 3 nitrogen and oxygen atoms in total. The van der Waals surface area contributed by atoms with Gasteiger partial charge >= 0.3 is 0 Å². The Labute approximate surface area is 86.2 Å². The Morgan fingerprint density at radius 3 is 2.57 bits per heavy atom. The lowest BCUT2D eigenvalue weighted by molar-refractivity contribution is -0.128. The van der Waals surface area contributed by atoms with Gasteiger partial charge in [0.2, 0.25) is 5.91 Å². The maximum absolute atomic E-state index is 11.4. The minimum absolute atomic E-state index is 0.0330. The molecule has 1 amide bonds. The van der Waals surface area contributed by atoms with E-state index in [0.29, 0.717) is 6.04 Å². The molecule has 1 fully saturated rings. The fourth-order valence-electron chi connectivity index (χ4n) is 1.76. The van der Waals surface area contributed by atoms with Crippen molar-refractivity contribution in [1.29, 1.82) is 0 Å². The Balaban J connectivity index is 2.12. The summed E-state index contributed by atoms with van der Waals surface area (Å²) < 4.78 is 5.23. The second-order valence-corrected chi connectivity index (χ2v) is 4.26. The zero-order valence-corrected chi connectivity index (χ0v) is 9.21. The molecule has 0 bridgehead atoms. The van der Waals surface area contributed by atoms with Gasteiger partial charge < -0.3 is 10.1 Å². The zero-order valence-electron chi connectivity index (χ0n) is 9.21. The van der Waals surface area contributed by atoms with Crippen molar-refractivity contribution in [3.63, 3.8) is 0 Å². The lowest BCUT2D eigenvalue weighted by atomic mass is 9.95. The molecule has 0 aromatic carbocycles. The summed E-state index contributed by atoms with van der Waals surface area (Å²) in [5, 5.41) is 3.01. The average Bonchev–Trinajstić information content (AvgIpc) is 2.16. The number of nitrogens with one attached hydrogen (secondary N) is 1. The summed E-state index contributed by atoms with van der Waals surface area (Å²) in [4.78, 5) is 11.4. The second kappa shape index (κ2) is 6.02. The molecule has 1 saturated carbocycles. The van der Waals surface area contributed by atoms with E-state index in [1.54, 1.807) is 0 Å². The molecule has 0 aliphatic heterocycles. The predicted octanol–water partition coefficient (Wildman–Crippen LogP) is 1.86. The molecule has 14 heavy (non-hydrogen) atoms. The predicted molar refractivity (Wildman–Crippen MR) is 56.1 cm³/mol. The number of carbonyl (C=O) groups excluding carboxylic acids is 1. The molecule has 0 atom stereocenters. The van der Waals surface area contributed by atoms with Crippen LogP contribution in [0, 0.1) is 0 Å². The van der Waals surface area contributed by atoms with Gasteiger partial charge in [0.05, 0.1) is 6.10 Å². The third kappa shape index (κ3) is 4.61. The van der Waals surface area contributed by atoms with E-state index >= 15 is 0 Å². The van der Waals surface area contributed by atoms with Crippen molar-refractivity contribution in [1.82, 2.24) is 5.32 Å². The monoisotopic (exact) mass is 199 g/mol. The van der Waals surface area contributed by atoms with Crippen LogP contribution in [0.1, 0.15) is 46.0 Å². The molecule has 82 valence electrons. The van der Waals surface area contributed by atoms with Crippen LogP contribution in [0.3, 0.4) is 0 Å². The molecule has 0 unspecified atom stereocenters. The van der Waals surface area contributed by atoms with Gasteiger partial charge in [0, 0.05) is 6.04 Å². The van der Waals surface area contributed by atoms with Gasteiger partial charge in [0.15, 0.2) is 0 Å². The summed E-state index contributed by atoms with van der Waals surface area (Å²) in [6, 6.07) is 0.395. The molecule has 0 spiro atoms. The molecule has 1 aliphatic carbocycles. The van der Waals surface area contributed by atoms with Gasteiger partial charge in [0.1, 0.15) is 6.61 Å². The highest BCUT2D eigenvalue weighted by molar-refractivity contribution is 5.77. The number of hydrogen-bond acceptors (Lipinski definition) is 2. The maximum atomic E-state index is 11.4. The van der Waals surface area contributed by atoms with Crippen LogP contribution in [0.15, 0.2) is 0 Å². The van der Waals surface area contributed by atoms with Crippen molar-refractivity contribution in [3.05, 3.63) is 0 Å². The highest BCUT2D eigenvalue weighted by atomic mass is 16.5. The number of ether oxygens (including phenoxy) is 1. The normalized spacial score (nSPS) is 18.5. The summed E-state index contributed by atoms with van der Waals surface area (Å²) >= 11 is 0. The standard InChI is InChI=1S/C11H21NO2/c1-9(2)14-8-11(13)12-10-6-4-3-5-7-10/h9-10H,3-8H2,1-2H3,(H,12,13). The van der Waals surface area contributed by atoms with E-state index < -0.39 is 0 Å². The van der Waals surface area contributed by atoms with Gasteiger partial charge in [-0.1, -0.05) is 19.3 Å². The van der Waals surface area contributed by atoms with Crippen LogP contribution >= 0.6 is 0 Å². The van der Waals surface area contributed by atoms with E-state index in [1.165, 1.54) is 19.3 Å². The Kier molecular flexibility index (Phi) is 4.94. The molecule has 0 aromatic rings. The summed E-state index contributed by atoms with van der Waals surface area (Å²) in [5.41, 5.74) is 0. The quantitative estimate of drug-likeness (QED) is 0.750. The fraction of sp³-hybridized carbons (Fsp3) is 0.909. The molecular weight excluding hydrogens is 178 g/mol. The average molecular weight is 199 g/mol. The first-order valence-electron chi connectivity index (χ1n) is 5.59. The highest BCUT2D eigenvalue weighted by Gasteiger charge is 2.15. The molecule has 3 heteroatoms. The van der Waals surface area contributed by atoms with Gasteiger partial charge in [-0.05, 0) is 26.7 Å². The second-order valence-electron chi connectivity index (χ2n) is 4.26. The van der Waals surface area contributed by atoms with Crippen LogP contribution in [0.5, 0.6) is 0 Å². The van der Waals surface area contributed by atoms with Crippen molar-refractivity contribution in [2.24, 2.45) is 0 Å². The van der Waals surface area contributed by atoms with Gasteiger partial charge in [-0.2, -0.15) is 0 Å². The summed E-state index contributed by atoms with van der Waals surface area (Å²) in [6.07, 6.45) is 6.20. The smallest absolute Gasteiger partial charge is 0.246 e. The van der Waals surface area contributed by atoms with Crippen molar-refractivity contribution in [2.75, 3.05) is 6.61 Å². The van der Waals surface area contributed by atoms with Gasteiger partial charge in [0.25, 0.3) is 0 Å². The Morgan fingerprint density at radius 2 is 2.00 bits per heavy atom. The van der Waals surface area contributed by atoms with E-state index in [9.17, 15) is 4.79 Å². The van der Waals surface area contributed by atoms with Crippen molar-refractivity contribution in [3.8, 4) is 0 Å².